The van der Waals surface area contributed by atoms with Crippen molar-refractivity contribution in [1.29, 1.82) is 0 Å². The molecule has 9 heteroatoms. The lowest BCUT2D eigenvalue weighted by Gasteiger charge is -2.23. The highest BCUT2D eigenvalue weighted by Crippen LogP contribution is 2.32. The molecule has 0 spiro atoms. The number of aromatic hydroxyl groups is 1. The lowest BCUT2D eigenvalue weighted by Crippen LogP contribution is -2.41. The maximum atomic E-state index is 13.0. The number of hydrogen-bond acceptors (Lipinski definition) is 6. The first kappa shape index (κ1) is 21.5. The number of likely N-dealkylation sites (N-methyl/N-ethyl adjacent to an activating group) is 1. The standard InChI is InChI=1S/C21H19FN2O5S/c1-23(11-17(26)14-4-8-16(25)9-5-14)19(27)12-24-20(28)18(30-21(24)29)10-13-2-6-15(22)7-3-13/h2-10,17,25-26H,11-12H2,1H3/b18-10-/t17-/m1/s1. The summed E-state index contributed by atoms with van der Waals surface area (Å²) in [4.78, 5) is 39.4. The van der Waals surface area contributed by atoms with E-state index >= 15 is 0 Å². The number of amides is 3. The van der Waals surface area contributed by atoms with Gasteiger partial charge in [-0.3, -0.25) is 19.3 Å². The summed E-state index contributed by atoms with van der Waals surface area (Å²) in [6, 6.07) is 11.4. The van der Waals surface area contributed by atoms with E-state index in [-0.39, 0.29) is 17.2 Å². The highest BCUT2D eigenvalue weighted by atomic mass is 32.2. The van der Waals surface area contributed by atoms with Crippen molar-refractivity contribution in [2.75, 3.05) is 20.1 Å². The number of aliphatic hydroxyl groups excluding tert-OH is 1. The van der Waals surface area contributed by atoms with Crippen molar-refractivity contribution in [3.05, 3.63) is 70.4 Å². The molecule has 0 saturated carbocycles. The number of aliphatic hydroxyl groups is 1. The molecule has 1 heterocycles. The SMILES string of the molecule is CN(C[C@@H](O)c1ccc(O)cc1)C(=O)CN1C(=O)S/C(=C\c2ccc(F)cc2)C1=O. The number of phenols is 1. The van der Waals surface area contributed by atoms with Gasteiger partial charge in [0.1, 0.15) is 18.1 Å². The van der Waals surface area contributed by atoms with E-state index in [0.717, 1.165) is 4.90 Å². The molecule has 1 atom stereocenters. The van der Waals surface area contributed by atoms with Crippen LogP contribution in [0.5, 0.6) is 5.75 Å². The molecule has 30 heavy (non-hydrogen) atoms. The van der Waals surface area contributed by atoms with Gasteiger partial charge < -0.3 is 15.1 Å². The molecular weight excluding hydrogens is 411 g/mol. The van der Waals surface area contributed by atoms with Crippen molar-refractivity contribution >= 4 is 34.9 Å². The Balaban J connectivity index is 1.62. The van der Waals surface area contributed by atoms with Crippen LogP contribution in [0.1, 0.15) is 17.2 Å². The molecule has 156 valence electrons. The van der Waals surface area contributed by atoms with Crippen molar-refractivity contribution in [3.8, 4) is 5.75 Å². The van der Waals surface area contributed by atoms with E-state index in [1.165, 1.54) is 66.6 Å². The van der Waals surface area contributed by atoms with Crippen molar-refractivity contribution in [3.63, 3.8) is 0 Å². The number of carbonyl (C=O) groups is 3. The van der Waals surface area contributed by atoms with E-state index < -0.39 is 35.5 Å². The third-order valence-corrected chi connectivity index (χ3v) is 5.39. The molecule has 2 aromatic rings. The molecule has 2 N–H and O–H groups in total. The van der Waals surface area contributed by atoms with Crippen LogP contribution in [-0.2, 0) is 9.59 Å². The number of halogens is 1. The van der Waals surface area contributed by atoms with Gasteiger partial charge in [0.2, 0.25) is 5.91 Å². The Hall–Kier alpha value is -3.17. The number of phenolic OH excluding ortho intramolecular Hbond substituents is 1. The highest BCUT2D eigenvalue weighted by Gasteiger charge is 2.37. The topological polar surface area (TPSA) is 98.2 Å². The molecule has 3 rings (SSSR count). The van der Waals surface area contributed by atoms with Crippen LogP contribution in [0.4, 0.5) is 9.18 Å². The predicted molar refractivity (Wildman–Crippen MR) is 110 cm³/mol. The molecule has 1 aliphatic rings. The maximum absolute atomic E-state index is 13.0. The molecule has 1 aliphatic heterocycles. The van der Waals surface area contributed by atoms with E-state index in [2.05, 4.69) is 0 Å². The monoisotopic (exact) mass is 430 g/mol. The second-order valence-corrected chi connectivity index (χ2v) is 7.69. The molecule has 1 fully saturated rings. The van der Waals surface area contributed by atoms with Crippen LogP contribution in [0, 0.1) is 5.82 Å². The third kappa shape index (κ3) is 5.05. The third-order valence-electron chi connectivity index (χ3n) is 4.49. The van der Waals surface area contributed by atoms with Crippen molar-refractivity contribution in [2.45, 2.75) is 6.10 Å². The molecule has 1 saturated heterocycles. The van der Waals surface area contributed by atoms with E-state index in [1.54, 1.807) is 0 Å². The minimum absolute atomic E-state index is 0.0503. The van der Waals surface area contributed by atoms with Gasteiger partial charge in [0.25, 0.3) is 11.1 Å². The number of rotatable bonds is 6. The fourth-order valence-electron chi connectivity index (χ4n) is 2.77. The molecule has 0 aliphatic carbocycles. The van der Waals surface area contributed by atoms with Gasteiger partial charge in [-0.15, -0.1) is 0 Å². The first-order valence-corrected chi connectivity index (χ1v) is 9.78. The van der Waals surface area contributed by atoms with Gasteiger partial charge >= 0.3 is 0 Å². The van der Waals surface area contributed by atoms with E-state index in [1.807, 2.05) is 0 Å². The summed E-state index contributed by atoms with van der Waals surface area (Å²) >= 11 is 0.708. The molecule has 7 nitrogen and oxygen atoms in total. The van der Waals surface area contributed by atoms with Crippen LogP contribution in [0.15, 0.2) is 53.4 Å². The molecule has 0 radical (unpaired) electrons. The second-order valence-electron chi connectivity index (χ2n) is 6.70. The number of carbonyl (C=O) groups excluding carboxylic acids is 3. The van der Waals surface area contributed by atoms with Gasteiger partial charge in [0, 0.05) is 7.05 Å². The lowest BCUT2D eigenvalue weighted by molar-refractivity contribution is -0.135. The van der Waals surface area contributed by atoms with Crippen LogP contribution in [0.2, 0.25) is 0 Å². The van der Waals surface area contributed by atoms with Crippen molar-refractivity contribution in [1.82, 2.24) is 9.80 Å². The van der Waals surface area contributed by atoms with Gasteiger partial charge in [-0.2, -0.15) is 0 Å². The van der Waals surface area contributed by atoms with Crippen molar-refractivity contribution < 1.29 is 29.0 Å². The molecule has 0 unspecified atom stereocenters. The zero-order chi connectivity index (χ0) is 21.8. The lowest BCUT2D eigenvalue weighted by atomic mass is 10.1. The number of benzene rings is 2. The Bertz CT molecular complexity index is 991. The summed E-state index contributed by atoms with van der Waals surface area (Å²) in [7, 11) is 1.46. The van der Waals surface area contributed by atoms with Crippen LogP contribution in [0.25, 0.3) is 6.08 Å². The van der Waals surface area contributed by atoms with Gasteiger partial charge in [0.15, 0.2) is 0 Å². The number of nitrogens with zero attached hydrogens (tertiary/aromatic N) is 2. The zero-order valence-corrected chi connectivity index (χ0v) is 16.8. The summed E-state index contributed by atoms with van der Waals surface area (Å²) in [5.74, 6) is -1.47. The minimum Gasteiger partial charge on any atom is -0.508 e. The normalized spacial score (nSPS) is 16.2. The van der Waals surface area contributed by atoms with Crippen LogP contribution < -0.4 is 0 Å². The number of thioether (sulfide) groups is 1. The van der Waals surface area contributed by atoms with E-state index in [0.29, 0.717) is 22.9 Å². The highest BCUT2D eigenvalue weighted by molar-refractivity contribution is 8.18. The van der Waals surface area contributed by atoms with Gasteiger partial charge in [-0.05, 0) is 53.2 Å². The molecule has 2 aromatic carbocycles. The van der Waals surface area contributed by atoms with Crippen LogP contribution in [-0.4, -0.2) is 57.2 Å². The van der Waals surface area contributed by atoms with Crippen molar-refractivity contribution in [2.24, 2.45) is 0 Å². The number of hydrogen-bond donors (Lipinski definition) is 2. The first-order chi connectivity index (χ1) is 14.2. The molecule has 3 amide bonds. The van der Waals surface area contributed by atoms with Crippen LogP contribution >= 0.6 is 11.8 Å². The Morgan fingerprint density at radius 2 is 1.80 bits per heavy atom. The van der Waals surface area contributed by atoms with Crippen LogP contribution in [0.3, 0.4) is 0 Å². The summed E-state index contributed by atoms with van der Waals surface area (Å²) in [5, 5.41) is 19.0. The average Bonchev–Trinajstić information content (AvgIpc) is 2.97. The smallest absolute Gasteiger partial charge is 0.294 e. The molecule has 0 bridgehead atoms. The summed E-state index contributed by atoms with van der Waals surface area (Å²) in [6.07, 6.45) is 0.473. The predicted octanol–water partition coefficient (Wildman–Crippen LogP) is 2.76. The van der Waals surface area contributed by atoms with Gasteiger partial charge in [-0.1, -0.05) is 24.3 Å². The Kier molecular flexibility index (Phi) is 6.53. The Morgan fingerprint density at radius 1 is 1.17 bits per heavy atom. The Morgan fingerprint density at radius 3 is 2.43 bits per heavy atom. The minimum atomic E-state index is -0.993. The van der Waals surface area contributed by atoms with E-state index in [4.69, 9.17) is 0 Å². The van der Waals surface area contributed by atoms with Gasteiger partial charge in [0.05, 0.1) is 17.6 Å². The second kappa shape index (κ2) is 9.10. The summed E-state index contributed by atoms with van der Waals surface area (Å²) < 4.78 is 13.0. The summed E-state index contributed by atoms with van der Waals surface area (Å²) in [5.41, 5.74) is 1.07. The Labute approximate surface area is 176 Å². The largest absolute Gasteiger partial charge is 0.508 e. The maximum Gasteiger partial charge on any atom is 0.294 e. The summed E-state index contributed by atoms with van der Waals surface area (Å²) in [6.45, 7) is -0.504. The van der Waals surface area contributed by atoms with E-state index in [9.17, 15) is 29.0 Å². The first-order valence-electron chi connectivity index (χ1n) is 8.96. The fraction of sp³-hybridized carbons (Fsp3) is 0.190. The van der Waals surface area contributed by atoms with Gasteiger partial charge in [-0.25, -0.2) is 4.39 Å². The number of imide groups is 1. The molecule has 0 aromatic heterocycles. The zero-order valence-electron chi connectivity index (χ0n) is 16.0. The average molecular weight is 430 g/mol. The fourth-order valence-corrected chi connectivity index (χ4v) is 3.60. The quantitative estimate of drug-likeness (QED) is 0.684. The molecular formula is C21H19FN2O5S.